The first kappa shape index (κ1) is 19.0. The van der Waals surface area contributed by atoms with Crippen molar-refractivity contribution in [3.8, 4) is 11.1 Å². The molecule has 0 atom stereocenters. The first-order chi connectivity index (χ1) is 15.4. The second-order valence-electron chi connectivity index (χ2n) is 7.37. The van der Waals surface area contributed by atoms with Crippen molar-refractivity contribution in [3.05, 3.63) is 80.8 Å². The minimum atomic E-state index is -0.760. The summed E-state index contributed by atoms with van der Waals surface area (Å²) in [7, 11) is 0. The molecule has 4 aromatic rings. The summed E-state index contributed by atoms with van der Waals surface area (Å²) < 4.78 is 9.65. The van der Waals surface area contributed by atoms with Crippen LogP contribution in [-0.2, 0) is 9.47 Å². The van der Waals surface area contributed by atoms with Gasteiger partial charge in [0.25, 0.3) is 0 Å². The number of cyclic esters (lactones) is 4. The number of carbonyl (C=O) groups excluding carboxylic acids is 4. The minimum Gasteiger partial charge on any atom is -0.386 e. The van der Waals surface area contributed by atoms with Gasteiger partial charge in [0, 0.05) is 31.6 Å². The van der Waals surface area contributed by atoms with E-state index in [9.17, 15) is 19.2 Å². The standard InChI is InChI=1S/C24H8Cl2O6/c25-15-7-5-13-17-11(21(27)31-23(13)29)3-1-9(19(15)17)10-2-4-12-18-14(24(30)32-22(12)28)6-8-16(26)20(10)18/h1-8H. The number of benzene rings is 4. The summed E-state index contributed by atoms with van der Waals surface area (Å²) in [6.07, 6.45) is 0. The van der Waals surface area contributed by atoms with Gasteiger partial charge >= 0.3 is 23.9 Å². The Balaban J connectivity index is 1.80. The van der Waals surface area contributed by atoms with Gasteiger partial charge < -0.3 is 9.47 Å². The molecule has 154 valence electrons. The highest BCUT2D eigenvalue weighted by Crippen LogP contribution is 2.45. The average molecular weight is 463 g/mol. The van der Waals surface area contributed by atoms with Crippen LogP contribution in [0.25, 0.3) is 32.7 Å². The molecule has 0 fully saturated rings. The summed E-state index contributed by atoms with van der Waals surface area (Å²) in [5.41, 5.74) is 2.02. The van der Waals surface area contributed by atoms with E-state index in [2.05, 4.69) is 0 Å². The molecule has 8 heteroatoms. The van der Waals surface area contributed by atoms with Gasteiger partial charge in [0.05, 0.1) is 22.3 Å². The third-order valence-corrected chi connectivity index (χ3v) is 6.39. The van der Waals surface area contributed by atoms with Crippen molar-refractivity contribution in [3.63, 3.8) is 0 Å². The van der Waals surface area contributed by atoms with Crippen molar-refractivity contribution in [1.82, 2.24) is 0 Å². The van der Waals surface area contributed by atoms with Gasteiger partial charge in [0.1, 0.15) is 0 Å². The molecular formula is C24H8Cl2O6. The molecule has 0 bridgehead atoms. The predicted molar refractivity (Wildman–Crippen MR) is 116 cm³/mol. The van der Waals surface area contributed by atoms with Crippen LogP contribution in [0.4, 0.5) is 0 Å². The van der Waals surface area contributed by atoms with Gasteiger partial charge in [-0.15, -0.1) is 0 Å². The van der Waals surface area contributed by atoms with Gasteiger partial charge in [-0.25, -0.2) is 19.2 Å². The van der Waals surface area contributed by atoms with Gasteiger partial charge in [-0.2, -0.15) is 0 Å². The Morgan fingerprint density at radius 1 is 0.406 bits per heavy atom. The topological polar surface area (TPSA) is 86.7 Å². The molecule has 6 nitrogen and oxygen atoms in total. The van der Waals surface area contributed by atoms with Crippen LogP contribution in [0.5, 0.6) is 0 Å². The summed E-state index contributed by atoms with van der Waals surface area (Å²) in [5.74, 6) is -3.04. The van der Waals surface area contributed by atoms with Gasteiger partial charge in [0.2, 0.25) is 0 Å². The molecule has 0 radical (unpaired) electrons. The molecule has 6 rings (SSSR count). The van der Waals surface area contributed by atoms with Crippen LogP contribution in [0, 0.1) is 0 Å². The highest BCUT2D eigenvalue weighted by Gasteiger charge is 2.32. The molecule has 2 heterocycles. The van der Waals surface area contributed by atoms with Crippen molar-refractivity contribution >= 4 is 68.6 Å². The number of hydrogen-bond donors (Lipinski definition) is 0. The zero-order chi connectivity index (χ0) is 22.3. The summed E-state index contributed by atoms with van der Waals surface area (Å²) in [4.78, 5) is 49.3. The summed E-state index contributed by atoms with van der Waals surface area (Å²) in [5, 5.41) is 2.32. The van der Waals surface area contributed by atoms with Crippen molar-refractivity contribution in [1.29, 1.82) is 0 Å². The van der Waals surface area contributed by atoms with E-state index in [0.717, 1.165) is 0 Å². The molecular weight excluding hydrogens is 455 g/mol. The second kappa shape index (κ2) is 6.38. The number of halogens is 2. The third-order valence-electron chi connectivity index (χ3n) is 5.76. The van der Waals surface area contributed by atoms with Crippen LogP contribution in [0.2, 0.25) is 10.0 Å². The van der Waals surface area contributed by atoms with E-state index in [1.807, 2.05) is 0 Å². The van der Waals surface area contributed by atoms with Crippen LogP contribution in [0.15, 0.2) is 48.5 Å². The molecule has 0 saturated heterocycles. The Morgan fingerprint density at radius 2 is 0.688 bits per heavy atom. The van der Waals surface area contributed by atoms with E-state index < -0.39 is 23.9 Å². The Kier molecular flexibility index (Phi) is 3.79. The number of carbonyl (C=O) groups is 4. The molecule has 2 aliphatic rings. The number of rotatable bonds is 1. The molecule has 32 heavy (non-hydrogen) atoms. The summed E-state index contributed by atoms with van der Waals surface area (Å²) >= 11 is 13.1. The molecule has 0 N–H and O–H groups in total. The molecule has 0 unspecified atom stereocenters. The first-order valence-electron chi connectivity index (χ1n) is 9.40. The Bertz CT molecular complexity index is 1460. The summed E-state index contributed by atoms with van der Waals surface area (Å²) in [6, 6.07) is 12.6. The van der Waals surface area contributed by atoms with E-state index in [1.54, 1.807) is 36.4 Å². The van der Waals surface area contributed by atoms with Crippen molar-refractivity contribution in [2.24, 2.45) is 0 Å². The number of hydrogen-bond acceptors (Lipinski definition) is 6. The monoisotopic (exact) mass is 462 g/mol. The van der Waals surface area contributed by atoms with E-state index in [1.165, 1.54) is 12.1 Å². The Morgan fingerprint density at radius 3 is 1.03 bits per heavy atom. The van der Waals surface area contributed by atoms with Gasteiger partial charge in [-0.3, -0.25) is 0 Å². The Labute approximate surface area is 189 Å². The van der Waals surface area contributed by atoms with Crippen LogP contribution in [-0.4, -0.2) is 23.9 Å². The van der Waals surface area contributed by atoms with E-state index in [0.29, 0.717) is 42.7 Å². The smallest absolute Gasteiger partial charge is 0.346 e. The number of ether oxygens (including phenoxy) is 2. The Hall–Kier alpha value is -3.74. The van der Waals surface area contributed by atoms with Crippen molar-refractivity contribution in [2.45, 2.75) is 0 Å². The van der Waals surface area contributed by atoms with Crippen LogP contribution in [0.1, 0.15) is 41.4 Å². The van der Waals surface area contributed by atoms with Gasteiger partial charge in [-0.05, 0) is 47.5 Å². The maximum Gasteiger partial charge on any atom is 0.346 e. The maximum atomic E-state index is 12.3. The molecule has 4 aromatic carbocycles. The lowest BCUT2D eigenvalue weighted by Gasteiger charge is -2.21. The maximum absolute atomic E-state index is 12.3. The molecule has 2 aliphatic heterocycles. The highest BCUT2D eigenvalue weighted by molar-refractivity contribution is 6.41. The predicted octanol–water partition coefficient (Wildman–Crippen LogP) is 5.59. The average Bonchev–Trinajstić information content (AvgIpc) is 2.76. The normalized spacial score (nSPS) is 14.7. The fourth-order valence-electron chi connectivity index (χ4n) is 4.42. The third kappa shape index (κ3) is 2.36. The van der Waals surface area contributed by atoms with E-state index in [-0.39, 0.29) is 22.3 Å². The summed E-state index contributed by atoms with van der Waals surface area (Å²) in [6.45, 7) is 0. The molecule has 0 amide bonds. The van der Waals surface area contributed by atoms with Crippen LogP contribution >= 0.6 is 23.2 Å². The lowest BCUT2D eigenvalue weighted by molar-refractivity contribution is 0.0373. The van der Waals surface area contributed by atoms with E-state index in [4.69, 9.17) is 32.7 Å². The first-order valence-corrected chi connectivity index (χ1v) is 10.2. The van der Waals surface area contributed by atoms with Crippen molar-refractivity contribution in [2.75, 3.05) is 0 Å². The molecule has 0 saturated carbocycles. The van der Waals surface area contributed by atoms with Gasteiger partial charge in [-0.1, -0.05) is 35.3 Å². The van der Waals surface area contributed by atoms with E-state index >= 15 is 0 Å². The largest absolute Gasteiger partial charge is 0.386 e. The zero-order valence-electron chi connectivity index (χ0n) is 15.8. The second-order valence-corrected chi connectivity index (χ2v) is 8.18. The fourth-order valence-corrected chi connectivity index (χ4v) is 4.94. The van der Waals surface area contributed by atoms with Crippen LogP contribution < -0.4 is 0 Å². The molecule has 0 spiro atoms. The zero-order valence-corrected chi connectivity index (χ0v) is 17.3. The lowest BCUT2D eigenvalue weighted by atomic mass is 9.87. The molecule has 0 aromatic heterocycles. The minimum absolute atomic E-state index is 0.216. The highest BCUT2D eigenvalue weighted by atomic mass is 35.5. The van der Waals surface area contributed by atoms with Gasteiger partial charge in [0.15, 0.2) is 0 Å². The number of esters is 4. The van der Waals surface area contributed by atoms with Crippen molar-refractivity contribution < 1.29 is 28.7 Å². The molecule has 0 aliphatic carbocycles. The van der Waals surface area contributed by atoms with Crippen LogP contribution in [0.3, 0.4) is 0 Å². The lowest BCUT2D eigenvalue weighted by Crippen LogP contribution is -2.20. The quantitative estimate of drug-likeness (QED) is 0.270. The fraction of sp³-hybridized carbons (Fsp3) is 0. The SMILES string of the molecule is O=C1OC(=O)c2ccc(-c3ccc4c5c(ccc(Cl)c35)C(=O)OC4=O)c3c(Cl)ccc1c23.